The van der Waals surface area contributed by atoms with Crippen LogP contribution in [0.5, 0.6) is 5.75 Å². The predicted octanol–water partition coefficient (Wildman–Crippen LogP) is 2.34. The molecule has 0 bridgehead atoms. The second kappa shape index (κ2) is 13.5. The molecule has 1 atom stereocenters. The Morgan fingerprint density at radius 3 is 2.63 bits per heavy atom. The third-order valence-corrected chi connectivity index (χ3v) is 4.63. The van der Waals surface area contributed by atoms with Crippen LogP contribution in [0.2, 0.25) is 0 Å². The van der Waals surface area contributed by atoms with Crippen LogP contribution in [-0.4, -0.2) is 68.7 Å². The molecule has 1 unspecified atom stereocenters. The molecule has 0 fully saturated rings. The van der Waals surface area contributed by atoms with Gasteiger partial charge in [-0.05, 0) is 32.6 Å². The van der Waals surface area contributed by atoms with Gasteiger partial charge in [-0.1, -0.05) is 12.1 Å². The first-order valence-electron chi connectivity index (χ1n) is 9.75. The first kappa shape index (κ1) is 26.2. The Bertz CT molecular complexity index is 794. The van der Waals surface area contributed by atoms with Gasteiger partial charge in [0.2, 0.25) is 0 Å². The molecule has 1 heterocycles. The van der Waals surface area contributed by atoms with E-state index in [0.717, 1.165) is 28.4 Å². The van der Waals surface area contributed by atoms with Crippen LogP contribution in [0.25, 0.3) is 0 Å². The second-order valence-electron chi connectivity index (χ2n) is 7.19. The number of hydrogen-bond donors (Lipinski definition) is 2. The van der Waals surface area contributed by atoms with Crippen molar-refractivity contribution in [1.29, 1.82) is 0 Å². The lowest BCUT2D eigenvalue weighted by Gasteiger charge is -2.24. The van der Waals surface area contributed by atoms with E-state index < -0.39 is 0 Å². The fraction of sp³-hybridized carbons (Fsp3) is 0.524. The van der Waals surface area contributed by atoms with Crippen LogP contribution in [0.3, 0.4) is 0 Å². The molecule has 0 aliphatic carbocycles. The first-order chi connectivity index (χ1) is 13.9. The van der Waals surface area contributed by atoms with Gasteiger partial charge >= 0.3 is 0 Å². The molecule has 2 rings (SSSR count). The van der Waals surface area contributed by atoms with E-state index in [1.54, 1.807) is 14.2 Å². The third-order valence-electron chi connectivity index (χ3n) is 4.63. The number of ether oxygens (including phenoxy) is 2. The van der Waals surface area contributed by atoms with Crippen molar-refractivity contribution in [2.24, 2.45) is 12.0 Å². The molecular weight excluding hydrogens is 495 g/mol. The van der Waals surface area contributed by atoms with Crippen LogP contribution in [0.15, 0.2) is 35.6 Å². The Morgan fingerprint density at radius 2 is 2.03 bits per heavy atom. The number of guanidine groups is 1. The van der Waals surface area contributed by atoms with Gasteiger partial charge < -0.3 is 25.0 Å². The first-order valence-corrected chi connectivity index (χ1v) is 9.75. The molecule has 30 heavy (non-hydrogen) atoms. The number of aromatic nitrogens is 2. The summed E-state index contributed by atoms with van der Waals surface area (Å²) in [6.07, 6.45) is 3.94. The highest BCUT2D eigenvalue weighted by Crippen LogP contribution is 2.20. The van der Waals surface area contributed by atoms with Crippen molar-refractivity contribution in [3.05, 3.63) is 47.3 Å². The second-order valence-corrected chi connectivity index (χ2v) is 7.19. The third kappa shape index (κ3) is 8.11. The van der Waals surface area contributed by atoms with Crippen molar-refractivity contribution in [2.45, 2.75) is 19.5 Å². The molecule has 8 nitrogen and oxygen atoms in total. The molecule has 0 aliphatic rings. The Morgan fingerprint density at radius 1 is 1.27 bits per heavy atom. The fourth-order valence-corrected chi connectivity index (χ4v) is 2.98. The summed E-state index contributed by atoms with van der Waals surface area (Å²) in [5.74, 6) is 1.61. The number of halogens is 1. The summed E-state index contributed by atoms with van der Waals surface area (Å²) in [6, 6.07) is 6.40. The molecule has 0 amide bonds. The maximum atomic E-state index is 5.87. The molecule has 2 aromatic rings. The minimum atomic E-state index is 0. The normalized spacial score (nSPS) is 12.4. The van der Waals surface area contributed by atoms with Crippen LogP contribution in [0.4, 0.5) is 0 Å². The van der Waals surface area contributed by atoms with E-state index in [1.165, 1.54) is 0 Å². The van der Waals surface area contributed by atoms with Gasteiger partial charge in [0.1, 0.15) is 12.4 Å². The summed E-state index contributed by atoms with van der Waals surface area (Å²) in [5.41, 5.74) is 3.40. The van der Waals surface area contributed by atoms with Gasteiger partial charge in [-0.3, -0.25) is 9.67 Å². The summed E-state index contributed by atoms with van der Waals surface area (Å²) in [6.45, 7) is 4.46. The van der Waals surface area contributed by atoms with Crippen molar-refractivity contribution in [2.75, 3.05) is 48.0 Å². The topological polar surface area (TPSA) is 75.9 Å². The zero-order valence-corrected chi connectivity index (χ0v) is 21.1. The highest BCUT2D eigenvalue weighted by Gasteiger charge is 2.16. The summed E-state index contributed by atoms with van der Waals surface area (Å²) >= 11 is 0. The van der Waals surface area contributed by atoms with Crippen molar-refractivity contribution in [1.82, 2.24) is 25.3 Å². The van der Waals surface area contributed by atoms with E-state index in [1.807, 2.05) is 30.2 Å². The lowest BCUT2D eigenvalue weighted by molar-refractivity contribution is 0.145. The molecule has 9 heteroatoms. The van der Waals surface area contributed by atoms with Gasteiger partial charge in [0, 0.05) is 51.6 Å². The van der Waals surface area contributed by atoms with Crippen molar-refractivity contribution >= 4 is 29.9 Å². The zero-order chi connectivity index (χ0) is 21.2. The molecule has 0 saturated heterocycles. The minimum Gasteiger partial charge on any atom is -0.491 e. The SMILES string of the molecule is CN=C(NCc1ccc(C)cc1OCCOC)NCC(c1cnn(C)c1)N(C)C.I. The Hall–Kier alpha value is -1.85. The molecule has 1 aromatic carbocycles. The average Bonchev–Trinajstić information content (AvgIpc) is 3.11. The van der Waals surface area contributed by atoms with E-state index >= 15 is 0 Å². The van der Waals surface area contributed by atoms with Gasteiger partial charge in [-0.25, -0.2) is 0 Å². The predicted molar refractivity (Wildman–Crippen MR) is 132 cm³/mol. The van der Waals surface area contributed by atoms with Crippen LogP contribution in [0.1, 0.15) is 22.7 Å². The quantitative estimate of drug-likeness (QED) is 0.213. The van der Waals surface area contributed by atoms with E-state index in [9.17, 15) is 0 Å². The molecule has 2 N–H and O–H groups in total. The van der Waals surface area contributed by atoms with Gasteiger partial charge in [0.05, 0.1) is 18.8 Å². The lowest BCUT2D eigenvalue weighted by Crippen LogP contribution is -2.41. The number of methoxy groups -OCH3 is 1. The van der Waals surface area contributed by atoms with Crippen LogP contribution in [0, 0.1) is 6.92 Å². The summed E-state index contributed by atoms with van der Waals surface area (Å²) in [4.78, 5) is 6.52. The van der Waals surface area contributed by atoms with E-state index in [4.69, 9.17) is 9.47 Å². The Balaban J connectivity index is 0.00000450. The monoisotopic (exact) mass is 530 g/mol. The molecular formula is C21H35IN6O2. The fourth-order valence-electron chi connectivity index (χ4n) is 2.98. The van der Waals surface area contributed by atoms with Gasteiger partial charge in [0.25, 0.3) is 0 Å². The minimum absolute atomic E-state index is 0. The molecule has 1 aromatic heterocycles. The van der Waals surface area contributed by atoms with Crippen molar-refractivity contribution in [3.63, 3.8) is 0 Å². The van der Waals surface area contributed by atoms with Gasteiger partial charge in [-0.15, -0.1) is 24.0 Å². The Kier molecular flexibility index (Phi) is 11.7. The average molecular weight is 530 g/mol. The Labute approximate surface area is 197 Å². The largest absolute Gasteiger partial charge is 0.491 e. The van der Waals surface area contributed by atoms with Crippen LogP contribution >= 0.6 is 24.0 Å². The zero-order valence-electron chi connectivity index (χ0n) is 18.8. The van der Waals surface area contributed by atoms with Crippen LogP contribution in [-0.2, 0) is 18.3 Å². The standard InChI is InChI=1S/C21H34N6O2.HI/c1-16-7-8-17(20(11-16)29-10-9-28-6)12-23-21(22-2)24-14-19(26(3)4)18-13-25-27(5)15-18;/h7-8,11,13,15,19H,9-10,12,14H2,1-6H3,(H2,22,23,24);1H. The molecule has 0 radical (unpaired) electrons. The maximum absolute atomic E-state index is 5.87. The molecule has 0 saturated carbocycles. The summed E-state index contributed by atoms with van der Waals surface area (Å²) < 4.78 is 12.8. The molecule has 168 valence electrons. The molecule has 0 spiro atoms. The maximum Gasteiger partial charge on any atom is 0.191 e. The van der Waals surface area contributed by atoms with Gasteiger partial charge in [0.15, 0.2) is 5.96 Å². The van der Waals surface area contributed by atoms with E-state index in [-0.39, 0.29) is 30.0 Å². The molecule has 0 aliphatic heterocycles. The number of benzene rings is 1. The number of nitrogens with zero attached hydrogens (tertiary/aromatic N) is 4. The number of hydrogen-bond acceptors (Lipinski definition) is 5. The van der Waals surface area contributed by atoms with Gasteiger partial charge in [-0.2, -0.15) is 5.10 Å². The highest BCUT2D eigenvalue weighted by atomic mass is 127. The number of likely N-dealkylation sites (N-methyl/N-ethyl adjacent to an activating group) is 1. The number of aliphatic imine (C=N–C) groups is 1. The van der Waals surface area contributed by atoms with E-state index in [0.29, 0.717) is 26.3 Å². The van der Waals surface area contributed by atoms with Crippen molar-refractivity contribution in [3.8, 4) is 5.75 Å². The lowest BCUT2D eigenvalue weighted by atomic mass is 10.1. The number of rotatable bonds is 10. The smallest absolute Gasteiger partial charge is 0.191 e. The van der Waals surface area contributed by atoms with Crippen LogP contribution < -0.4 is 15.4 Å². The van der Waals surface area contributed by atoms with E-state index in [2.05, 4.69) is 58.8 Å². The number of aryl methyl sites for hydroxylation is 2. The number of nitrogens with one attached hydrogen (secondary N) is 2. The highest BCUT2D eigenvalue weighted by molar-refractivity contribution is 14.0. The summed E-state index contributed by atoms with van der Waals surface area (Å²) in [5, 5.41) is 11.1. The summed E-state index contributed by atoms with van der Waals surface area (Å²) in [7, 11) is 9.49. The van der Waals surface area contributed by atoms with Crippen molar-refractivity contribution < 1.29 is 9.47 Å².